The zero-order valence-electron chi connectivity index (χ0n) is 15.3. The smallest absolute Gasteiger partial charge is 0.318 e. The summed E-state index contributed by atoms with van der Waals surface area (Å²) in [5.74, 6) is 0.516. The van der Waals surface area contributed by atoms with E-state index in [-0.39, 0.29) is 24.4 Å². The van der Waals surface area contributed by atoms with Crippen LogP contribution in [0.25, 0.3) is 0 Å². The molecule has 0 saturated heterocycles. The summed E-state index contributed by atoms with van der Waals surface area (Å²) in [7, 11) is 6.62. The van der Waals surface area contributed by atoms with Crippen LogP contribution in [0, 0.1) is 5.92 Å². The molecule has 9 nitrogen and oxygen atoms in total. The van der Waals surface area contributed by atoms with Gasteiger partial charge in [0.05, 0.1) is 13.2 Å². The van der Waals surface area contributed by atoms with Crippen LogP contribution in [0.4, 0.5) is 4.79 Å². The number of nitrogens with one attached hydrogen (secondary N) is 1. The quantitative estimate of drug-likeness (QED) is 0.729. The highest BCUT2D eigenvalue weighted by Crippen LogP contribution is 2.07. The first-order valence-corrected chi connectivity index (χ1v) is 7.86. The lowest BCUT2D eigenvalue weighted by molar-refractivity contribution is -0.131. The van der Waals surface area contributed by atoms with Crippen LogP contribution >= 0.6 is 0 Å². The predicted molar refractivity (Wildman–Crippen MR) is 89.2 cm³/mol. The Balaban J connectivity index is 2.70. The van der Waals surface area contributed by atoms with Gasteiger partial charge in [0.15, 0.2) is 5.82 Å². The summed E-state index contributed by atoms with van der Waals surface area (Å²) in [4.78, 5) is 27.5. The number of ether oxygens (including phenoxy) is 1. The lowest BCUT2D eigenvalue weighted by atomic mass is 10.0. The van der Waals surface area contributed by atoms with Crippen LogP contribution in [0.1, 0.15) is 19.7 Å². The summed E-state index contributed by atoms with van der Waals surface area (Å²) in [5, 5.41) is 10.7. The fourth-order valence-electron chi connectivity index (χ4n) is 2.10. The van der Waals surface area contributed by atoms with Gasteiger partial charge < -0.3 is 24.4 Å². The van der Waals surface area contributed by atoms with E-state index in [2.05, 4.69) is 15.5 Å². The van der Waals surface area contributed by atoms with E-state index in [1.807, 2.05) is 18.4 Å². The second kappa shape index (κ2) is 9.21. The topological polar surface area (TPSA) is 92.6 Å². The molecular formula is C15H28N6O3. The molecule has 0 aromatic carbocycles. The maximum atomic E-state index is 12.4. The molecule has 0 saturated carbocycles. The molecule has 0 radical (unpaired) electrons. The van der Waals surface area contributed by atoms with E-state index < -0.39 is 6.04 Å². The number of amides is 3. The number of nitrogens with zero attached hydrogens (tertiary/aromatic N) is 5. The third kappa shape index (κ3) is 5.48. The molecule has 3 amide bonds. The first kappa shape index (κ1) is 19.9. The summed E-state index contributed by atoms with van der Waals surface area (Å²) in [6, 6.07) is -0.897. The SMILES string of the molecule is COCCn1cnnc1CN(C)C(=O)N[C@@H](C(=O)N(C)C)C(C)C. The molecule has 0 aliphatic heterocycles. The van der Waals surface area contributed by atoms with Crippen molar-refractivity contribution in [3.05, 3.63) is 12.2 Å². The summed E-state index contributed by atoms with van der Waals surface area (Å²) in [6.07, 6.45) is 1.60. The van der Waals surface area contributed by atoms with Crippen molar-refractivity contribution in [3.8, 4) is 0 Å². The minimum Gasteiger partial charge on any atom is -0.383 e. The molecule has 9 heteroatoms. The van der Waals surface area contributed by atoms with Crippen molar-refractivity contribution in [1.29, 1.82) is 0 Å². The van der Waals surface area contributed by atoms with Crippen LogP contribution < -0.4 is 5.32 Å². The molecular weight excluding hydrogens is 312 g/mol. The van der Waals surface area contributed by atoms with E-state index in [1.165, 1.54) is 9.80 Å². The van der Waals surface area contributed by atoms with E-state index in [4.69, 9.17) is 4.74 Å². The highest BCUT2D eigenvalue weighted by molar-refractivity contribution is 5.86. The van der Waals surface area contributed by atoms with Crippen LogP contribution in [0.2, 0.25) is 0 Å². The number of rotatable bonds is 8. The first-order valence-electron chi connectivity index (χ1n) is 7.86. The third-order valence-electron chi connectivity index (χ3n) is 3.61. The zero-order valence-corrected chi connectivity index (χ0v) is 15.3. The van der Waals surface area contributed by atoms with E-state index in [9.17, 15) is 9.59 Å². The molecule has 1 N–H and O–H groups in total. The summed E-state index contributed by atoms with van der Waals surface area (Å²) in [5.41, 5.74) is 0. The molecule has 1 aromatic heterocycles. The Bertz CT molecular complexity index is 543. The van der Waals surface area contributed by atoms with E-state index in [0.29, 0.717) is 19.0 Å². The number of carbonyl (C=O) groups is 2. The number of methoxy groups -OCH3 is 1. The number of aromatic nitrogens is 3. The monoisotopic (exact) mass is 340 g/mol. The molecule has 0 bridgehead atoms. The molecule has 0 unspecified atom stereocenters. The van der Waals surface area contributed by atoms with Crippen molar-refractivity contribution >= 4 is 11.9 Å². The minimum atomic E-state index is -0.568. The van der Waals surface area contributed by atoms with Gasteiger partial charge in [-0.15, -0.1) is 10.2 Å². The fraction of sp³-hybridized carbons (Fsp3) is 0.733. The Kier molecular flexibility index (Phi) is 7.63. The van der Waals surface area contributed by atoms with Gasteiger partial charge in [-0.3, -0.25) is 4.79 Å². The van der Waals surface area contributed by atoms with Crippen LogP contribution in [0.3, 0.4) is 0 Å². The average Bonchev–Trinajstić information content (AvgIpc) is 2.96. The number of carbonyl (C=O) groups excluding carboxylic acids is 2. The van der Waals surface area contributed by atoms with Crippen molar-refractivity contribution in [1.82, 2.24) is 29.9 Å². The van der Waals surface area contributed by atoms with Crippen molar-refractivity contribution in [2.75, 3.05) is 34.9 Å². The highest BCUT2D eigenvalue weighted by atomic mass is 16.5. The number of likely N-dealkylation sites (N-methyl/N-ethyl adjacent to an activating group) is 1. The lowest BCUT2D eigenvalue weighted by Crippen LogP contribution is -2.52. The Morgan fingerprint density at radius 1 is 1.33 bits per heavy atom. The van der Waals surface area contributed by atoms with E-state index in [1.54, 1.807) is 34.6 Å². The highest BCUT2D eigenvalue weighted by Gasteiger charge is 2.27. The maximum Gasteiger partial charge on any atom is 0.318 e. The minimum absolute atomic E-state index is 0.0115. The normalized spacial score (nSPS) is 12.1. The van der Waals surface area contributed by atoms with Crippen molar-refractivity contribution in [3.63, 3.8) is 0 Å². The van der Waals surface area contributed by atoms with Gasteiger partial charge in [-0.1, -0.05) is 13.8 Å². The number of hydrogen-bond donors (Lipinski definition) is 1. The van der Waals surface area contributed by atoms with E-state index in [0.717, 1.165) is 0 Å². The Morgan fingerprint density at radius 2 is 2.00 bits per heavy atom. The van der Waals surface area contributed by atoms with Crippen molar-refractivity contribution in [2.24, 2.45) is 5.92 Å². The van der Waals surface area contributed by atoms with Gasteiger partial charge in [0.2, 0.25) is 5.91 Å². The Hall–Kier alpha value is -2.16. The first-order chi connectivity index (χ1) is 11.3. The van der Waals surface area contributed by atoms with Gasteiger partial charge in [0, 0.05) is 34.8 Å². The third-order valence-corrected chi connectivity index (χ3v) is 3.61. The maximum absolute atomic E-state index is 12.4. The van der Waals surface area contributed by atoms with Gasteiger partial charge in [-0.25, -0.2) is 4.79 Å². The molecule has 24 heavy (non-hydrogen) atoms. The van der Waals surface area contributed by atoms with Crippen molar-refractivity contribution < 1.29 is 14.3 Å². The lowest BCUT2D eigenvalue weighted by Gasteiger charge is -2.27. The van der Waals surface area contributed by atoms with Crippen LogP contribution in [-0.2, 0) is 22.6 Å². The van der Waals surface area contributed by atoms with Gasteiger partial charge in [0.1, 0.15) is 12.4 Å². The molecule has 1 aromatic rings. The molecule has 136 valence electrons. The molecule has 1 rings (SSSR count). The number of hydrogen-bond acceptors (Lipinski definition) is 5. The van der Waals surface area contributed by atoms with Crippen LogP contribution in [0.15, 0.2) is 6.33 Å². The standard InChI is InChI=1S/C15H28N6O3/c1-11(2)13(14(22)19(3)4)17-15(23)20(5)9-12-18-16-10-21(12)7-8-24-6/h10-11,13H,7-9H2,1-6H3,(H,17,23)/t13-/m1/s1. The summed E-state index contributed by atoms with van der Waals surface area (Å²) in [6.45, 7) is 5.23. The van der Waals surface area contributed by atoms with Gasteiger partial charge in [-0.05, 0) is 5.92 Å². The van der Waals surface area contributed by atoms with Crippen LogP contribution in [0.5, 0.6) is 0 Å². The molecule has 0 aliphatic carbocycles. The second-order valence-electron chi connectivity index (χ2n) is 6.19. The fourth-order valence-corrected chi connectivity index (χ4v) is 2.10. The predicted octanol–water partition coefficient (Wildman–Crippen LogP) is 0.179. The molecule has 0 fully saturated rings. The van der Waals surface area contributed by atoms with Gasteiger partial charge >= 0.3 is 6.03 Å². The molecule has 0 aliphatic rings. The molecule has 1 atom stereocenters. The average molecular weight is 340 g/mol. The number of urea groups is 1. The van der Waals surface area contributed by atoms with Crippen molar-refractivity contribution in [2.45, 2.75) is 33.0 Å². The summed E-state index contributed by atoms with van der Waals surface area (Å²) < 4.78 is 6.87. The largest absolute Gasteiger partial charge is 0.383 e. The zero-order chi connectivity index (χ0) is 18.3. The second-order valence-corrected chi connectivity index (χ2v) is 6.19. The van der Waals surface area contributed by atoms with E-state index >= 15 is 0 Å². The molecule has 1 heterocycles. The van der Waals surface area contributed by atoms with Gasteiger partial charge in [-0.2, -0.15) is 0 Å². The Labute approximate surface area is 143 Å². The molecule has 0 spiro atoms. The Morgan fingerprint density at radius 3 is 2.54 bits per heavy atom. The van der Waals surface area contributed by atoms with Gasteiger partial charge in [0.25, 0.3) is 0 Å². The summed E-state index contributed by atoms with van der Waals surface area (Å²) >= 11 is 0. The van der Waals surface area contributed by atoms with Crippen LogP contribution in [-0.4, -0.2) is 77.4 Å².